The maximum absolute atomic E-state index is 11.9. The third-order valence-corrected chi connectivity index (χ3v) is 2.64. The Morgan fingerprint density at radius 3 is 2.50 bits per heavy atom. The minimum atomic E-state index is -0.325. The van der Waals surface area contributed by atoms with Gasteiger partial charge in [-0.3, -0.25) is 4.79 Å². The van der Waals surface area contributed by atoms with Gasteiger partial charge in [0.25, 0.3) is 5.91 Å². The van der Waals surface area contributed by atoms with E-state index in [0.29, 0.717) is 17.0 Å². The molecule has 2 aromatic rings. The van der Waals surface area contributed by atoms with Gasteiger partial charge in [-0.15, -0.1) is 0 Å². The van der Waals surface area contributed by atoms with Crippen LogP contribution in [0.5, 0.6) is 0 Å². The zero-order valence-corrected chi connectivity index (χ0v) is 10.0. The largest absolute Gasteiger partial charge is 0.361 e. The van der Waals surface area contributed by atoms with E-state index in [9.17, 15) is 4.79 Å². The number of nitrogens with zero attached hydrogens (tertiary/aromatic N) is 2. The molecule has 1 amide bonds. The van der Waals surface area contributed by atoms with Crippen LogP contribution >= 0.6 is 0 Å². The maximum Gasteiger partial charge on any atom is 0.278 e. The molecular weight excluding hydrogens is 230 g/mol. The molecule has 0 unspecified atom stereocenters. The van der Waals surface area contributed by atoms with Gasteiger partial charge in [-0.05, 0) is 38.1 Å². The van der Waals surface area contributed by atoms with Gasteiger partial charge in [-0.1, -0.05) is 5.16 Å². The van der Waals surface area contributed by atoms with Crippen molar-refractivity contribution in [3.63, 3.8) is 0 Å². The average molecular weight is 241 g/mol. The van der Waals surface area contributed by atoms with Crippen molar-refractivity contribution in [3.05, 3.63) is 46.8 Å². The van der Waals surface area contributed by atoms with Crippen LogP contribution in [-0.2, 0) is 0 Å². The highest BCUT2D eigenvalue weighted by Crippen LogP contribution is 2.14. The van der Waals surface area contributed by atoms with E-state index in [0.717, 1.165) is 5.56 Å². The molecule has 0 saturated heterocycles. The summed E-state index contributed by atoms with van der Waals surface area (Å²) < 4.78 is 4.94. The summed E-state index contributed by atoms with van der Waals surface area (Å²) in [5, 5.41) is 15.1. The lowest BCUT2D eigenvalue weighted by Gasteiger charge is -2.03. The lowest BCUT2D eigenvalue weighted by atomic mass is 10.2. The first-order valence-corrected chi connectivity index (χ1v) is 5.36. The van der Waals surface area contributed by atoms with Crippen molar-refractivity contribution in [2.45, 2.75) is 13.8 Å². The van der Waals surface area contributed by atoms with Crippen LogP contribution in [0.3, 0.4) is 0 Å². The van der Waals surface area contributed by atoms with Gasteiger partial charge in [0, 0.05) is 11.3 Å². The summed E-state index contributed by atoms with van der Waals surface area (Å²) in [4.78, 5) is 11.9. The number of carbonyl (C=O) groups is 1. The van der Waals surface area contributed by atoms with Crippen LogP contribution in [-0.4, -0.2) is 11.1 Å². The Morgan fingerprint density at radius 1 is 1.33 bits per heavy atom. The molecule has 0 aliphatic rings. The second-order valence-corrected chi connectivity index (χ2v) is 3.86. The van der Waals surface area contributed by atoms with Crippen LogP contribution in [0.4, 0.5) is 5.69 Å². The molecule has 1 aromatic heterocycles. The first-order chi connectivity index (χ1) is 8.61. The lowest BCUT2D eigenvalue weighted by Crippen LogP contribution is -2.13. The maximum atomic E-state index is 11.9. The van der Waals surface area contributed by atoms with Crippen molar-refractivity contribution in [2.24, 2.45) is 0 Å². The summed E-state index contributed by atoms with van der Waals surface area (Å²) in [6, 6.07) is 8.61. The Hall–Kier alpha value is -2.61. The molecule has 0 aliphatic carbocycles. The summed E-state index contributed by atoms with van der Waals surface area (Å²) in [6.07, 6.45) is 0. The van der Waals surface area contributed by atoms with Gasteiger partial charge in [-0.25, -0.2) is 0 Å². The van der Waals surface area contributed by atoms with Gasteiger partial charge >= 0.3 is 0 Å². The molecule has 1 N–H and O–H groups in total. The molecule has 1 heterocycles. The Labute approximate surface area is 104 Å². The van der Waals surface area contributed by atoms with Crippen molar-refractivity contribution < 1.29 is 9.32 Å². The zero-order valence-electron chi connectivity index (χ0n) is 10.0. The first kappa shape index (κ1) is 11.9. The number of amides is 1. The first-order valence-electron chi connectivity index (χ1n) is 5.36. The van der Waals surface area contributed by atoms with Crippen molar-refractivity contribution in [3.8, 4) is 6.07 Å². The molecule has 18 heavy (non-hydrogen) atoms. The summed E-state index contributed by atoms with van der Waals surface area (Å²) >= 11 is 0. The van der Waals surface area contributed by atoms with Gasteiger partial charge in [0.05, 0.1) is 11.6 Å². The Morgan fingerprint density at radius 2 is 2.00 bits per heavy atom. The minimum absolute atomic E-state index is 0.275. The topological polar surface area (TPSA) is 78.9 Å². The van der Waals surface area contributed by atoms with Crippen LogP contribution in [0.2, 0.25) is 0 Å². The number of benzene rings is 1. The van der Waals surface area contributed by atoms with Gasteiger partial charge in [0.1, 0.15) is 5.76 Å². The van der Waals surface area contributed by atoms with Gasteiger partial charge in [0.15, 0.2) is 5.69 Å². The second kappa shape index (κ2) is 4.72. The Balaban J connectivity index is 2.16. The summed E-state index contributed by atoms with van der Waals surface area (Å²) in [5.41, 5.74) is 2.15. The molecule has 0 aliphatic heterocycles. The highest BCUT2D eigenvalue weighted by atomic mass is 16.5. The Kier molecular flexibility index (Phi) is 3.11. The van der Waals surface area contributed by atoms with E-state index in [1.165, 1.54) is 0 Å². The van der Waals surface area contributed by atoms with E-state index in [-0.39, 0.29) is 11.6 Å². The third-order valence-electron chi connectivity index (χ3n) is 2.64. The van der Waals surface area contributed by atoms with Crippen molar-refractivity contribution in [1.82, 2.24) is 5.16 Å². The van der Waals surface area contributed by atoms with E-state index in [4.69, 9.17) is 9.78 Å². The van der Waals surface area contributed by atoms with Crippen molar-refractivity contribution in [1.29, 1.82) is 5.26 Å². The molecule has 0 fully saturated rings. The van der Waals surface area contributed by atoms with E-state index in [1.807, 2.05) is 6.07 Å². The van der Waals surface area contributed by atoms with E-state index in [1.54, 1.807) is 38.1 Å². The normalized spacial score (nSPS) is 9.83. The quantitative estimate of drug-likeness (QED) is 0.875. The minimum Gasteiger partial charge on any atom is -0.361 e. The molecule has 2 rings (SSSR count). The predicted molar refractivity (Wildman–Crippen MR) is 65.1 cm³/mol. The van der Waals surface area contributed by atoms with Crippen LogP contribution in [0.15, 0.2) is 28.8 Å². The molecule has 0 radical (unpaired) electrons. The van der Waals surface area contributed by atoms with Gasteiger partial charge < -0.3 is 9.84 Å². The number of aryl methyl sites for hydroxylation is 1. The molecular formula is C13H11N3O2. The Bertz CT molecular complexity index is 621. The van der Waals surface area contributed by atoms with Crippen LogP contribution in [0, 0.1) is 25.2 Å². The van der Waals surface area contributed by atoms with Gasteiger partial charge in [0.2, 0.25) is 0 Å². The SMILES string of the molecule is Cc1onc(C(=O)Nc2ccc(C#N)cc2)c1C. The molecule has 0 bridgehead atoms. The molecule has 0 spiro atoms. The fraction of sp³-hybridized carbons (Fsp3) is 0.154. The van der Waals surface area contributed by atoms with E-state index < -0.39 is 0 Å². The third kappa shape index (κ3) is 2.23. The number of hydrogen-bond acceptors (Lipinski definition) is 4. The number of nitriles is 1. The van der Waals surface area contributed by atoms with Gasteiger partial charge in [-0.2, -0.15) is 5.26 Å². The number of aromatic nitrogens is 1. The lowest BCUT2D eigenvalue weighted by molar-refractivity contribution is 0.101. The smallest absolute Gasteiger partial charge is 0.278 e. The number of anilines is 1. The van der Waals surface area contributed by atoms with Crippen molar-refractivity contribution >= 4 is 11.6 Å². The molecule has 5 nitrogen and oxygen atoms in total. The average Bonchev–Trinajstić information content (AvgIpc) is 2.71. The fourth-order valence-electron chi connectivity index (χ4n) is 1.45. The molecule has 0 atom stereocenters. The molecule has 5 heteroatoms. The molecule has 0 saturated carbocycles. The predicted octanol–water partition coefficient (Wildman–Crippen LogP) is 2.42. The van der Waals surface area contributed by atoms with E-state index >= 15 is 0 Å². The highest BCUT2D eigenvalue weighted by molar-refractivity contribution is 6.03. The summed E-state index contributed by atoms with van der Waals surface area (Å²) in [5.74, 6) is 0.300. The summed E-state index contributed by atoms with van der Waals surface area (Å²) in [7, 11) is 0. The second-order valence-electron chi connectivity index (χ2n) is 3.86. The highest BCUT2D eigenvalue weighted by Gasteiger charge is 2.16. The monoisotopic (exact) mass is 241 g/mol. The van der Waals surface area contributed by atoms with Crippen LogP contribution in [0.1, 0.15) is 27.4 Å². The van der Waals surface area contributed by atoms with Crippen LogP contribution < -0.4 is 5.32 Å². The number of rotatable bonds is 2. The molecule has 90 valence electrons. The van der Waals surface area contributed by atoms with E-state index in [2.05, 4.69) is 10.5 Å². The number of hydrogen-bond donors (Lipinski definition) is 1. The summed E-state index contributed by atoms with van der Waals surface area (Å²) in [6.45, 7) is 3.53. The number of carbonyl (C=O) groups excluding carboxylic acids is 1. The zero-order chi connectivity index (χ0) is 13.1. The fourth-order valence-corrected chi connectivity index (χ4v) is 1.45. The number of nitrogens with one attached hydrogen (secondary N) is 1. The van der Waals surface area contributed by atoms with Crippen LogP contribution in [0.25, 0.3) is 0 Å². The van der Waals surface area contributed by atoms with Crippen molar-refractivity contribution in [2.75, 3.05) is 5.32 Å². The standard InChI is InChI=1S/C13H11N3O2/c1-8-9(2)18-16-12(8)13(17)15-11-5-3-10(7-14)4-6-11/h3-6H,1-2H3,(H,15,17). The molecule has 1 aromatic carbocycles.